The van der Waals surface area contributed by atoms with Crippen LogP contribution in [0.2, 0.25) is 0 Å². The lowest BCUT2D eigenvalue weighted by molar-refractivity contribution is -0.157. The zero-order chi connectivity index (χ0) is 15.1. The van der Waals surface area contributed by atoms with Crippen LogP contribution in [0.1, 0.15) is 12.8 Å². The number of piperazine rings is 1. The fraction of sp³-hybridized carbons (Fsp3) is 0.769. The summed E-state index contributed by atoms with van der Waals surface area (Å²) >= 11 is 1.44. The van der Waals surface area contributed by atoms with Gasteiger partial charge in [0.15, 0.2) is 0 Å². The van der Waals surface area contributed by atoms with Crippen molar-refractivity contribution in [1.82, 2.24) is 15.1 Å². The largest absolute Gasteiger partial charge is 0.350 e. The lowest BCUT2D eigenvalue weighted by Gasteiger charge is -2.40. The second-order valence-electron chi connectivity index (χ2n) is 5.87. The van der Waals surface area contributed by atoms with E-state index >= 15 is 0 Å². The molecule has 21 heavy (non-hydrogen) atoms. The predicted octanol–water partition coefficient (Wildman–Crippen LogP) is -1.62. The summed E-state index contributed by atoms with van der Waals surface area (Å²) in [5.41, 5.74) is 5.89. The van der Waals surface area contributed by atoms with E-state index in [-0.39, 0.29) is 29.8 Å². The van der Waals surface area contributed by atoms with Crippen molar-refractivity contribution in [1.29, 1.82) is 0 Å². The molecule has 3 aliphatic heterocycles. The Kier molecular flexibility index (Phi) is 3.83. The Morgan fingerprint density at radius 3 is 2.86 bits per heavy atom. The summed E-state index contributed by atoms with van der Waals surface area (Å²) in [7, 11) is 0. The van der Waals surface area contributed by atoms with E-state index in [1.165, 1.54) is 11.8 Å². The molecular weight excluding hydrogens is 292 g/mol. The zero-order valence-corrected chi connectivity index (χ0v) is 12.8. The standard InChI is InChI=1S/C13H20N4O3S/c1-21-6-10(18)15-8-2-3-16-11(8)13(20)17-5-7(14)4-9(17)12(16)19/h7-9,11H,2-6,14H2,1H3,(H,15,18)/t7-,8-,9-,11-/m0/s1. The summed E-state index contributed by atoms with van der Waals surface area (Å²) in [6, 6.07) is -1.36. The first-order valence-electron chi connectivity index (χ1n) is 7.17. The monoisotopic (exact) mass is 312 g/mol. The van der Waals surface area contributed by atoms with E-state index in [0.29, 0.717) is 31.7 Å². The van der Waals surface area contributed by atoms with Crippen molar-refractivity contribution in [3.63, 3.8) is 0 Å². The average Bonchev–Trinajstić information content (AvgIpc) is 3.01. The maximum Gasteiger partial charge on any atom is 0.248 e. The van der Waals surface area contributed by atoms with Crippen molar-refractivity contribution in [3.8, 4) is 0 Å². The van der Waals surface area contributed by atoms with Gasteiger partial charge < -0.3 is 20.9 Å². The minimum atomic E-state index is -0.551. The molecule has 0 aliphatic carbocycles. The molecule has 3 saturated heterocycles. The number of nitrogens with one attached hydrogen (secondary N) is 1. The summed E-state index contributed by atoms with van der Waals surface area (Å²) in [6.45, 7) is 0.962. The van der Waals surface area contributed by atoms with Crippen LogP contribution in [-0.4, -0.2) is 76.8 Å². The topological polar surface area (TPSA) is 95.7 Å². The highest BCUT2D eigenvalue weighted by atomic mass is 32.2. The van der Waals surface area contributed by atoms with Gasteiger partial charge in [-0.15, -0.1) is 0 Å². The van der Waals surface area contributed by atoms with E-state index in [1.54, 1.807) is 9.80 Å². The van der Waals surface area contributed by atoms with E-state index < -0.39 is 12.1 Å². The third kappa shape index (κ3) is 2.40. The fourth-order valence-electron chi connectivity index (χ4n) is 3.58. The summed E-state index contributed by atoms with van der Waals surface area (Å²) in [5.74, 6) is 0.186. The van der Waals surface area contributed by atoms with Gasteiger partial charge in [0.1, 0.15) is 12.1 Å². The Hall–Kier alpha value is -1.28. The molecule has 7 nitrogen and oxygen atoms in total. The van der Waals surface area contributed by atoms with Gasteiger partial charge in [-0.2, -0.15) is 11.8 Å². The van der Waals surface area contributed by atoms with Gasteiger partial charge in [0, 0.05) is 19.1 Å². The molecule has 8 heteroatoms. The molecule has 3 fully saturated rings. The first-order valence-corrected chi connectivity index (χ1v) is 8.57. The van der Waals surface area contributed by atoms with Crippen LogP contribution in [0.4, 0.5) is 0 Å². The van der Waals surface area contributed by atoms with E-state index in [9.17, 15) is 14.4 Å². The highest BCUT2D eigenvalue weighted by Crippen LogP contribution is 2.32. The van der Waals surface area contributed by atoms with Crippen molar-refractivity contribution in [2.24, 2.45) is 5.73 Å². The first kappa shape index (κ1) is 14.6. The molecule has 3 heterocycles. The summed E-state index contributed by atoms with van der Waals surface area (Å²) in [6.07, 6.45) is 3.03. The Bertz CT molecular complexity index is 486. The molecule has 3 aliphatic rings. The molecule has 3 amide bonds. The van der Waals surface area contributed by atoms with Crippen LogP contribution in [0.15, 0.2) is 0 Å². The number of amides is 3. The average molecular weight is 312 g/mol. The van der Waals surface area contributed by atoms with Crippen molar-refractivity contribution in [3.05, 3.63) is 0 Å². The van der Waals surface area contributed by atoms with Crippen molar-refractivity contribution < 1.29 is 14.4 Å². The van der Waals surface area contributed by atoms with Crippen molar-refractivity contribution in [2.45, 2.75) is 37.0 Å². The van der Waals surface area contributed by atoms with Crippen LogP contribution in [0.3, 0.4) is 0 Å². The summed E-state index contributed by atoms with van der Waals surface area (Å²) in [4.78, 5) is 40.1. The highest BCUT2D eigenvalue weighted by Gasteiger charge is 2.54. The molecule has 0 aromatic rings. The van der Waals surface area contributed by atoms with Gasteiger partial charge in [-0.05, 0) is 19.1 Å². The third-order valence-electron chi connectivity index (χ3n) is 4.46. The van der Waals surface area contributed by atoms with Gasteiger partial charge in [-0.25, -0.2) is 0 Å². The van der Waals surface area contributed by atoms with Crippen LogP contribution in [-0.2, 0) is 14.4 Å². The Morgan fingerprint density at radius 2 is 2.14 bits per heavy atom. The minimum absolute atomic E-state index is 0.0193. The molecule has 0 aromatic carbocycles. The third-order valence-corrected chi connectivity index (χ3v) is 5.01. The van der Waals surface area contributed by atoms with Crippen LogP contribution in [0.25, 0.3) is 0 Å². The lowest BCUT2D eigenvalue weighted by atomic mass is 10.0. The number of hydrogen-bond acceptors (Lipinski definition) is 5. The molecular formula is C13H20N4O3S. The number of nitrogens with two attached hydrogens (primary N) is 1. The highest BCUT2D eigenvalue weighted by molar-refractivity contribution is 7.99. The molecule has 0 aromatic heterocycles. The van der Waals surface area contributed by atoms with E-state index in [0.717, 1.165) is 0 Å². The maximum atomic E-state index is 12.6. The number of carbonyl (C=O) groups excluding carboxylic acids is 3. The molecule has 4 atom stereocenters. The van der Waals surface area contributed by atoms with Crippen molar-refractivity contribution in [2.75, 3.05) is 25.1 Å². The quantitative estimate of drug-likeness (QED) is 0.653. The molecule has 0 unspecified atom stereocenters. The molecule has 116 valence electrons. The molecule has 3 N–H and O–H groups in total. The van der Waals surface area contributed by atoms with E-state index in [4.69, 9.17) is 5.73 Å². The normalized spacial score (nSPS) is 35.0. The molecule has 0 saturated carbocycles. The number of nitrogens with zero attached hydrogens (tertiary/aromatic N) is 2. The predicted molar refractivity (Wildman–Crippen MR) is 78.5 cm³/mol. The van der Waals surface area contributed by atoms with Crippen LogP contribution >= 0.6 is 11.8 Å². The number of fused-ring (bicyclic) bond motifs is 2. The minimum Gasteiger partial charge on any atom is -0.350 e. The van der Waals surface area contributed by atoms with Gasteiger partial charge in [0.05, 0.1) is 11.8 Å². The van der Waals surface area contributed by atoms with Gasteiger partial charge >= 0.3 is 0 Å². The molecule has 0 radical (unpaired) electrons. The zero-order valence-electron chi connectivity index (χ0n) is 11.9. The first-order chi connectivity index (χ1) is 10.0. The van der Waals surface area contributed by atoms with Crippen LogP contribution < -0.4 is 11.1 Å². The maximum absolute atomic E-state index is 12.6. The van der Waals surface area contributed by atoms with Crippen molar-refractivity contribution >= 4 is 29.5 Å². The number of hydrogen-bond donors (Lipinski definition) is 2. The van der Waals surface area contributed by atoms with E-state index in [2.05, 4.69) is 5.32 Å². The van der Waals surface area contributed by atoms with Gasteiger partial charge in [-0.1, -0.05) is 0 Å². The molecule has 3 rings (SSSR count). The summed E-state index contributed by atoms with van der Waals surface area (Å²) in [5, 5.41) is 2.89. The SMILES string of the molecule is CSCC(=O)N[C@H]1CCN2C(=O)[C@@H]3C[C@H](N)CN3C(=O)[C@H]12. The lowest BCUT2D eigenvalue weighted by Crippen LogP contribution is -2.64. The summed E-state index contributed by atoms with van der Waals surface area (Å²) < 4.78 is 0. The number of carbonyl (C=O) groups is 3. The fourth-order valence-corrected chi connectivity index (χ4v) is 3.93. The van der Waals surface area contributed by atoms with Crippen LogP contribution in [0, 0.1) is 0 Å². The van der Waals surface area contributed by atoms with Crippen LogP contribution in [0.5, 0.6) is 0 Å². The number of rotatable bonds is 3. The van der Waals surface area contributed by atoms with E-state index in [1.807, 2.05) is 6.26 Å². The van der Waals surface area contributed by atoms with Gasteiger partial charge in [-0.3, -0.25) is 14.4 Å². The molecule has 0 bridgehead atoms. The second-order valence-corrected chi connectivity index (χ2v) is 6.74. The smallest absolute Gasteiger partial charge is 0.248 e. The second kappa shape index (κ2) is 5.49. The Morgan fingerprint density at radius 1 is 1.38 bits per heavy atom. The number of thioether (sulfide) groups is 1. The molecule has 0 spiro atoms. The Balaban J connectivity index is 1.77. The van der Waals surface area contributed by atoms with Gasteiger partial charge in [0.2, 0.25) is 17.7 Å². The van der Waals surface area contributed by atoms with Gasteiger partial charge in [0.25, 0.3) is 0 Å². The Labute approximate surface area is 127 Å².